The van der Waals surface area contributed by atoms with E-state index in [0.29, 0.717) is 10.6 Å². The van der Waals surface area contributed by atoms with E-state index < -0.39 is 0 Å². The molecular formula is C12H10BrCl. The van der Waals surface area contributed by atoms with Crippen LogP contribution in [-0.2, 0) is 0 Å². The standard InChI is InChI=1S/C12H10BrCl/c1-3-9(2)12(14)11(13)10-7-5-4-6-8-10/h3-8H,1-2H2/b12-11+. The van der Waals surface area contributed by atoms with Crippen molar-refractivity contribution in [2.24, 2.45) is 0 Å². The molecule has 14 heavy (non-hydrogen) atoms. The SMILES string of the molecule is C=CC(=C)/C(Cl)=C(\Br)c1ccccc1. The zero-order valence-corrected chi connectivity index (χ0v) is 9.98. The molecule has 0 aromatic heterocycles. The van der Waals surface area contributed by atoms with Gasteiger partial charge in [-0.1, -0.05) is 61.2 Å². The highest BCUT2D eigenvalue weighted by Gasteiger charge is 2.04. The third-order valence-electron chi connectivity index (χ3n) is 1.75. The number of halogens is 2. The smallest absolute Gasteiger partial charge is 0.0620 e. The molecule has 0 nitrogen and oxygen atoms in total. The average molecular weight is 270 g/mol. The molecule has 0 saturated carbocycles. The van der Waals surface area contributed by atoms with E-state index in [2.05, 4.69) is 29.1 Å². The minimum Gasteiger partial charge on any atom is -0.0984 e. The maximum Gasteiger partial charge on any atom is 0.0620 e. The summed E-state index contributed by atoms with van der Waals surface area (Å²) in [5.74, 6) is 0. The van der Waals surface area contributed by atoms with Gasteiger partial charge in [-0.05, 0) is 27.1 Å². The summed E-state index contributed by atoms with van der Waals surface area (Å²) in [6.45, 7) is 7.40. The van der Waals surface area contributed by atoms with E-state index in [1.165, 1.54) is 0 Å². The summed E-state index contributed by atoms with van der Waals surface area (Å²) < 4.78 is 0.838. The molecule has 0 bridgehead atoms. The minimum atomic E-state index is 0.589. The molecule has 1 aromatic carbocycles. The Hall–Kier alpha value is -0.790. The monoisotopic (exact) mass is 268 g/mol. The first-order valence-electron chi connectivity index (χ1n) is 4.09. The number of rotatable bonds is 3. The summed E-state index contributed by atoms with van der Waals surface area (Å²) in [6, 6.07) is 9.82. The Morgan fingerprint density at radius 3 is 2.36 bits per heavy atom. The van der Waals surface area contributed by atoms with Gasteiger partial charge in [0.15, 0.2) is 0 Å². The van der Waals surface area contributed by atoms with Crippen LogP contribution in [-0.4, -0.2) is 0 Å². The van der Waals surface area contributed by atoms with Gasteiger partial charge in [-0.2, -0.15) is 0 Å². The largest absolute Gasteiger partial charge is 0.0984 e. The third-order valence-corrected chi connectivity index (χ3v) is 3.26. The molecule has 0 amide bonds. The first kappa shape index (κ1) is 11.3. The van der Waals surface area contributed by atoms with Gasteiger partial charge in [0.1, 0.15) is 0 Å². The zero-order valence-electron chi connectivity index (χ0n) is 7.63. The molecule has 0 radical (unpaired) electrons. The Morgan fingerprint density at radius 2 is 1.86 bits per heavy atom. The van der Waals surface area contributed by atoms with Crippen LogP contribution in [0.3, 0.4) is 0 Å². The number of benzene rings is 1. The van der Waals surface area contributed by atoms with Crippen LogP contribution >= 0.6 is 27.5 Å². The van der Waals surface area contributed by atoms with Crippen LogP contribution in [0.2, 0.25) is 0 Å². The highest BCUT2D eigenvalue weighted by Crippen LogP contribution is 2.31. The molecule has 0 spiro atoms. The molecule has 0 atom stereocenters. The van der Waals surface area contributed by atoms with E-state index in [1.54, 1.807) is 6.08 Å². The molecule has 1 rings (SSSR count). The lowest BCUT2D eigenvalue weighted by atomic mass is 10.1. The van der Waals surface area contributed by atoms with Crippen molar-refractivity contribution >= 4 is 32.0 Å². The zero-order chi connectivity index (χ0) is 10.6. The molecule has 0 aliphatic rings. The number of allylic oxidation sites excluding steroid dienone is 3. The fourth-order valence-corrected chi connectivity index (χ4v) is 1.65. The van der Waals surface area contributed by atoms with Crippen molar-refractivity contribution in [1.29, 1.82) is 0 Å². The lowest BCUT2D eigenvalue weighted by molar-refractivity contribution is 1.63. The third kappa shape index (κ3) is 2.60. The Balaban J connectivity index is 3.11. The maximum atomic E-state index is 6.08. The highest BCUT2D eigenvalue weighted by atomic mass is 79.9. The lowest BCUT2D eigenvalue weighted by Gasteiger charge is -2.03. The van der Waals surface area contributed by atoms with Gasteiger partial charge < -0.3 is 0 Å². The topological polar surface area (TPSA) is 0 Å². The average Bonchev–Trinajstić information content (AvgIpc) is 2.27. The normalized spacial score (nSPS) is 11.9. The van der Waals surface area contributed by atoms with Crippen LogP contribution in [0.4, 0.5) is 0 Å². The molecule has 0 aliphatic carbocycles. The van der Waals surface area contributed by atoms with E-state index in [0.717, 1.165) is 10.0 Å². The summed E-state index contributed by atoms with van der Waals surface area (Å²) in [4.78, 5) is 0. The first-order chi connectivity index (χ1) is 6.66. The van der Waals surface area contributed by atoms with E-state index in [9.17, 15) is 0 Å². The maximum absolute atomic E-state index is 6.08. The molecule has 2 heteroatoms. The van der Waals surface area contributed by atoms with Gasteiger partial charge in [-0.15, -0.1) is 0 Å². The second-order valence-corrected chi connectivity index (χ2v) is 3.89. The fourth-order valence-electron chi connectivity index (χ4n) is 0.942. The lowest BCUT2D eigenvalue weighted by Crippen LogP contribution is -1.81. The first-order valence-corrected chi connectivity index (χ1v) is 5.26. The van der Waals surface area contributed by atoms with Gasteiger partial charge in [-0.25, -0.2) is 0 Å². The highest BCUT2D eigenvalue weighted by molar-refractivity contribution is 9.15. The Labute approximate surface area is 97.7 Å². The Morgan fingerprint density at radius 1 is 1.29 bits per heavy atom. The molecular weight excluding hydrogens is 259 g/mol. The van der Waals surface area contributed by atoms with Crippen LogP contribution in [0.25, 0.3) is 4.48 Å². The van der Waals surface area contributed by atoms with Crippen molar-refractivity contribution in [1.82, 2.24) is 0 Å². The molecule has 0 heterocycles. The molecule has 0 aliphatic heterocycles. The second kappa shape index (κ2) is 5.18. The summed E-state index contributed by atoms with van der Waals surface area (Å²) in [6.07, 6.45) is 1.63. The predicted octanol–water partition coefficient (Wildman–Crippen LogP) is 4.73. The fraction of sp³-hybridized carbons (Fsp3) is 0. The van der Waals surface area contributed by atoms with Crippen LogP contribution in [0, 0.1) is 0 Å². The molecule has 0 N–H and O–H groups in total. The number of hydrogen-bond acceptors (Lipinski definition) is 0. The minimum absolute atomic E-state index is 0.589. The van der Waals surface area contributed by atoms with Gasteiger partial charge in [0, 0.05) is 4.48 Å². The van der Waals surface area contributed by atoms with Crippen LogP contribution in [0.5, 0.6) is 0 Å². The van der Waals surface area contributed by atoms with Crippen molar-refractivity contribution in [3.05, 3.63) is 65.7 Å². The molecule has 0 fully saturated rings. The quantitative estimate of drug-likeness (QED) is 0.696. The van der Waals surface area contributed by atoms with Crippen LogP contribution < -0.4 is 0 Å². The molecule has 0 saturated heterocycles. The Kier molecular flexibility index (Phi) is 4.18. The van der Waals surface area contributed by atoms with Crippen molar-refractivity contribution < 1.29 is 0 Å². The van der Waals surface area contributed by atoms with Gasteiger partial charge in [0.05, 0.1) is 5.03 Å². The van der Waals surface area contributed by atoms with E-state index in [1.807, 2.05) is 30.3 Å². The second-order valence-electron chi connectivity index (χ2n) is 2.72. The van der Waals surface area contributed by atoms with Crippen molar-refractivity contribution in [2.75, 3.05) is 0 Å². The van der Waals surface area contributed by atoms with E-state index in [4.69, 9.17) is 11.6 Å². The van der Waals surface area contributed by atoms with E-state index in [-0.39, 0.29) is 0 Å². The van der Waals surface area contributed by atoms with Crippen LogP contribution in [0.1, 0.15) is 5.56 Å². The van der Waals surface area contributed by atoms with Crippen molar-refractivity contribution in [2.45, 2.75) is 0 Å². The molecule has 72 valence electrons. The van der Waals surface area contributed by atoms with Crippen molar-refractivity contribution in [3.63, 3.8) is 0 Å². The summed E-state index contributed by atoms with van der Waals surface area (Å²) in [7, 11) is 0. The van der Waals surface area contributed by atoms with Gasteiger partial charge in [-0.3, -0.25) is 0 Å². The summed E-state index contributed by atoms with van der Waals surface area (Å²) >= 11 is 9.51. The summed E-state index contributed by atoms with van der Waals surface area (Å²) in [5.41, 5.74) is 1.74. The molecule has 0 unspecified atom stereocenters. The van der Waals surface area contributed by atoms with Crippen LogP contribution in [0.15, 0.2) is 60.2 Å². The summed E-state index contributed by atoms with van der Waals surface area (Å²) in [5, 5.41) is 0.589. The predicted molar refractivity (Wildman–Crippen MR) is 67.5 cm³/mol. The number of hydrogen-bond donors (Lipinski definition) is 0. The van der Waals surface area contributed by atoms with Gasteiger partial charge in [0.2, 0.25) is 0 Å². The Bertz CT molecular complexity index is 377. The van der Waals surface area contributed by atoms with Gasteiger partial charge in [0.25, 0.3) is 0 Å². The van der Waals surface area contributed by atoms with Crippen molar-refractivity contribution in [3.8, 4) is 0 Å². The van der Waals surface area contributed by atoms with E-state index >= 15 is 0 Å². The van der Waals surface area contributed by atoms with Gasteiger partial charge >= 0.3 is 0 Å². The molecule has 1 aromatic rings.